The average Bonchev–Trinajstić information content (AvgIpc) is 2.53. The predicted molar refractivity (Wildman–Crippen MR) is 97.7 cm³/mol. The van der Waals surface area contributed by atoms with Gasteiger partial charge in [-0.2, -0.15) is 0 Å². The van der Waals surface area contributed by atoms with E-state index in [2.05, 4.69) is 82.4 Å². The zero-order chi connectivity index (χ0) is 16.7. The van der Waals surface area contributed by atoms with Gasteiger partial charge >= 0.3 is 0 Å². The van der Waals surface area contributed by atoms with Crippen LogP contribution < -0.4 is 0 Å². The van der Waals surface area contributed by atoms with Crippen LogP contribution in [0, 0.1) is 11.8 Å². The quantitative estimate of drug-likeness (QED) is 0.772. The molecule has 1 N–H and O–H groups in total. The molecular formula is C22H26O. The summed E-state index contributed by atoms with van der Waals surface area (Å²) in [6, 6.07) is 5.97. The molecule has 1 aromatic carbocycles. The van der Waals surface area contributed by atoms with Gasteiger partial charge in [-0.3, -0.25) is 0 Å². The van der Waals surface area contributed by atoms with Crippen LogP contribution in [0.1, 0.15) is 38.8 Å². The van der Waals surface area contributed by atoms with Crippen molar-refractivity contribution < 1.29 is 5.11 Å². The van der Waals surface area contributed by atoms with Gasteiger partial charge in [0.1, 0.15) is 5.75 Å². The van der Waals surface area contributed by atoms with E-state index in [1.807, 2.05) is 12.1 Å². The monoisotopic (exact) mass is 306 g/mol. The summed E-state index contributed by atoms with van der Waals surface area (Å²) >= 11 is 0. The number of hydrogen-bond donors (Lipinski definition) is 1. The Kier molecular flexibility index (Phi) is 3.83. The summed E-state index contributed by atoms with van der Waals surface area (Å²) in [6.07, 6.45) is 17.4. The zero-order valence-electron chi connectivity index (χ0n) is 14.5. The molecule has 0 radical (unpaired) electrons. The molecule has 4 unspecified atom stereocenters. The highest BCUT2D eigenvalue weighted by Crippen LogP contribution is 2.48. The third-order valence-electron chi connectivity index (χ3n) is 5.96. The normalized spacial score (nSPS) is 35.7. The van der Waals surface area contributed by atoms with E-state index in [-0.39, 0.29) is 10.8 Å². The first-order valence-electron chi connectivity index (χ1n) is 8.44. The Bertz CT molecular complexity index is 721. The van der Waals surface area contributed by atoms with Crippen LogP contribution in [0.4, 0.5) is 0 Å². The van der Waals surface area contributed by atoms with Crippen LogP contribution >= 0.6 is 0 Å². The van der Waals surface area contributed by atoms with Crippen LogP contribution in [-0.2, 0) is 10.8 Å². The first-order chi connectivity index (χ1) is 10.9. The van der Waals surface area contributed by atoms with Crippen LogP contribution in [0.25, 0.3) is 0 Å². The lowest BCUT2D eigenvalue weighted by Gasteiger charge is -2.42. The van der Waals surface area contributed by atoms with Gasteiger partial charge < -0.3 is 5.11 Å². The van der Waals surface area contributed by atoms with Crippen LogP contribution in [-0.4, -0.2) is 5.11 Å². The molecule has 1 nitrogen and oxygen atoms in total. The van der Waals surface area contributed by atoms with Gasteiger partial charge in [-0.25, -0.2) is 0 Å². The van der Waals surface area contributed by atoms with Crippen LogP contribution in [0.5, 0.6) is 5.75 Å². The Morgan fingerprint density at radius 2 is 1.39 bits per heavy atom. The van der Waals surface area contributed by atoms with Crippen LogP contribution in [0.2, 0.25) is 0 Å². The lowest BCUT2D eigenvalue weighted by Crippen LogP contribution is -2.36. The summed E-state index contributed by atoms with van der Waals surface area (Å²) in [5, 5.41) is 10.8. The Labute approximate surface area is 139 Å². The highest BCUT2D eigenvalue weighted by Gasteiger charge is 2.40. The third-order valence-corrected chi connectivity index (χ3v) is 5.96. The maximum absolute atomic E-state index is 10.8. The fourth-order valence-electron chi connectivity index (χ4n) is 3.88. The molecule has 3 rings (SSSR count). The maximum Gasteiger partial charge on any atom is 0.119 e. The molecule has 1 aromatic rings. The summed E-state index contributed by atoms with van der Waals surface area (Å²) < 4.78 is 0. The van der Waals surface area contributed by atoms with Crippen LogP contribution in [0.3, 0.4) is 0 Å². The summed E-state index contributed by atoms with van der Waals surface area (Å²) in [4.78, 5) is 0. The van der Waals surface area contributed by atoms with E-state index in [1.165, 1.54) is 5.56 Å². The van der Waals surface area contributed by atoms with Crippen molar-refractivity contribution in [3.8, 4) is 5.75 Å². The van der Waals surface area contributed by atoms with Crippen molar-refractivity contribution in [2.75, 3.05) is 0 Å². The molecule has 120 valence electrons. The zero-order valence-corrected chi connectivity index (χ0v) is 14.5. The molecule has 2 aliphatic carbocycles. The summed E-state index contributed by atoms with van der Waals surface area (Å²) in [6.45, 7) is 8.97. The van der Waals surface area contributed by atoms with E-state index >= 15 is 0 Å². The smallest absolute Gasteiger partial charge is 0.119 e. The van der Waals surface area contributed by atoms with Gasteiger partial charge in [0.05, 0.1) is 0 Å². The summed E-state index contributed by atoms with van der Waals surface area (Å²) in [5.74, 6) is 1.12. The molecule has 0 spiro atoms. The van der Waals surface area contributed by atoms with Gasteiger partial charge in [0, 0.05) is 16.4 Å². The lowest BCUT2D eigenvalue weighted by atomic mass is 9.62. The number of hydrogen-bond acceptors (Lipinski definition) is 1. The number of aromatic hydroxyl groups is 1. The largest absolute Gasteiger partial charge is 0.508 e. The van der Waals surface area contributed by atoms with Crippen LogP contribution in [0.15, 0.2) is 66.8 Å². The van der Waals surface area contributed by atoms with Gasteiger partial charge in [-0.15, -0.1) is 0 Å². The van der Waals surface area contributed by atoms with Crippen molar-refractivity contribution in [3.63, 3.8) is 0 Å². The minimum atomic E-state index is -0.201. The molecule has 0 saturated carbocycles. The molecule has 0 aromatic heterocycles. The number of rotatable bonds is 2. The van der Waals surface area contributed by atoms with Gasteiger partial charge in [0.2, 0.25) is 0 Å². The van der Waals surface area contributed by atoms with E-state index < -0.39 is 0 Å². The molecule has 0 heterocycles. The first kappa shape index (κ1) is 15.9. The SMILES string of the molecule is CC1C=CC=CC1(C)c1cccc(O)c1C1(C)C=CC=CC1C. The average molecular weight is 306 g/mol. The van der Waals surface area contributed by atoms with Crippen molar-refractivity contribution in [3.05, 3.63) is 77.9 Å². The molecule has 2 aliphatic rings. The Balaban J connectivity index is 2.23. The second-order valence-corrected chi connectivity index (χ2v) is 7.33. The molecular weight excluding hydrogens is 280 g/mol. The van der Waals surface area contributed by atoms with Gasteiger partial charge in [0.15, 0.2) is 0 Å². The number of phenols is 1. The number of phenolic OH excluding ortho intramolecular Hbond substituents is 1. The summed E-state index contributed by atoms with van der Waals surface area (Å²) in [7, 11) is 0. The fourth-order valence-corrected chi connectivity index (χ4v) is 3.88. The van der Waals surface area contributed by atoms with Crippen molar-refractivity contribution in [1.29, 1.82) is 0 Å². The lowest BCUT2D eigenvalue weighted by molar-refractivity contribution is 0.386. The van der Waals surface area contributed by atoms with Gasteiger partial charge in [0.25, 0.3) is 0 Å². The van der Waals surface area contributed by atoms with E-state index in [9.17, 15) is 5.11 Å². The molecule has 0 fully saturated rings. The predicted octanol–water partition coefficient (Wildman–Crippen LogP) is 5.43. The van der Waals surface area contributed by atoms with Crippen molar-refractivity contribution >= 4 is 0 Å². The van der Waals surface area contributed by atoms with E-state index in [0.29, 0.717) is 17.6 Å². The topological polar surface area (TPSA) is 20.2 Å². The van der Waals surface area contributed by atoms with Crippen molar-refractivity contribution in [1.82, 2.24) is 0 Å². The molecule has 0 aliphatic heterocycles. The highest BCUT2D eigenvalue weighted by atomic mass is 16.3. The minimum Gasteiger partial charge on any atom is -0.508 e. The first-order valence-corrected chi connectivity index (χ1v) is 8.44. The Morgan fingerprint density at radius 3 is 1.96 bits per heavy atom. The van der Waals surface area contributed by atoms with E-state index in [1.54, 1.807) is 0 Å². The molecule has 0 bridgehead atoms. The van der Waals surface area contributed by atoms with Crippen molar-refractivity contribution in [2.45, 2.75) is 38.5 Å². The Hall–Kier alpha value is -2.02. The van der Waals surface area contributed by atoms with Gasteiger partial charge in [-0.05, 0) is 23.5 Å². The second kappa shape index (κ2) is 5.56. The second-order valence-electron chi connectivity index (χ2n) is 7.33. The van der Waals surface area contributed by atoms with E-state index in [0.717, 1.165) is 5.56 Å². The molecule has 0 amide bonds. The standard InChI is InChI=1S/C22H26O/c1-16-10-5-7-14-21(16,3)18-12-9-13-19(23)20(18)22(4)15-8-6-11-17(22)2/h5-17,23H,1-4H3. The van der Waals surface area contributed by atoms with E-state index in [4.69, 9.17) is 0 Å². The number of allylic oxidation sites excluding steroid dienone is 8. The van der Waals surface area contributed by atoms with Crippen molar-refractivity contribution in [2.24, 2.45) is 11.8 Å². The number of benzene rings is 1. The highest BCUT2D eigenvalue weighted by molar-refractivity contribution is 5.54. The molecule has 0 saturated heterocycles. The summed E-state index contributed by atoms with van der Waals surface area (Å²) in [5.41, 5.74) is 1.97. The molecule has 4 atom stereocenters. The maximum atomic E-state index is 10.8. The Morgan fingerprint density at radius 1 is 0.826 bits per heavy atom. The molecule has 23 heavy (non-hydrogen) atoms. The van der Waals surface area contributed by atoms with Gasteiger partial charge in [-0.1, -0.05) is 88.4 Å². The fraction of sp³-hybridized carbons (Fsp3) is 0.364. The minimum absolute atomic E-state index is 0.111. The molecule has 1 heteroatoms. The third kappa shape index (κ3) is 2.39.